The van der Waals surface area contributed by atoms with Crippen LogP contribution in [0.3, 0.4) is 0 Å². The minimum atomic E-state index is -1.46. The third-order valence-electron chi connectivity index (χ3n) is 6.27. The van der Waals surface area contributed by atoms with Gasteiger partial charge < -0.3 is 9.47 Å². The molecule has 5 aromatic rings. The Morgan fingerprint density at radius 2 is 0.780 bits per heavy atom. The molecule has 0 aliphatic carbocycles. The van der Waals surface area contributed by atoms with Crippen molar-refractivity contribution >= 4 is 58.6 Å². The molecule has 0 atom stereocenters. The van der Waals surface area contributed by atoms with Crippen LogP contribution in [-0.2, 0) is 0 Å². The van der Waals surface area contributed by atoms with Gasteiger partial charge in [-0.25, -0.2) is 0 Å². The van der Waals surface area contributed by atoms with Crippen LogP contribution in [0.25, 0.3) is 0 Å². The zero-order valence-electron chi connectivity index (χ0n) is 22.3. The zero-order valence-corrected chi connectivity index (χ0v) is 25.4. The molecule has 0 saturated carbocycles. The highest BCUT2D eigenvalue weighted by molar-refractivity contribution is 7.79. The van der Waals surface area contributed by atoms with Crippen LogP contribution in [0.15, 0.2) is 140 Å². The number of ether oxygens (including phenoxy) is 2. The summed E-state index contributed by atoms with van der Waals surface area (Å²) in [6.07, 6.45) is 0. The highest BCUT2D eigenvalue weighted by Gasteiger charge is 2.35. The summed E-state index contributed by atoms with van der Waals surface area (Å²) in [5, 5.41) is 4.19. The maximum Gasteiger partial charge on any atom is 0.201 e. The van der Waals surface area contributed by atoms with E-state index in [1.165, 1.54) is 15.9 Å². The fourth-order valence-corrected chi connectivity index (χ4v) is 7.40. The number of halogens is 3. The third kappa shape index (κ3) is 8.99. The molecule has 0 N–H and O–H groups in total. The summed E-state index contributed by atoms with van der Waals surface area (Å²) < 4.78 is 8.85. The van der Waals surface area contributed by atoms with Crippen LogP contribution < -0.4 is 25.4 Å². The molecule has 0 unspecified atom stereocenters. The Balaban J connectivity index is 0.000000221. The Morgan fingerprint density at radius 3 is 1.02 bits per heavy atom. The molecule has 6 heteroatoms. The van der Waals surface area contributed by atoms with Crippen molar-refractivity contribution in [3.8, 4) is 11.5 Å². The van der Waals surface area contributed by atoms with Gasteiger partial charge in [0.15, 0.2) is 0 Å². The quantitative estimate of drug-likeness (QED) is 0.133. The van der Waals surface area contributed by atoms with Crippen LogP contribution in [-0.4, -0.2) is 18.0 Å². The van der Waals surface area contributed by atoms with Gasteiger partial charge in [-0.15, -0.1) is 0 Å². The van der Waals surface area contributed by atoms with Crippen LogP contribution in [0.5, 0.6) is 11.5 Å². The molecule has 0 radical (unpaired) electrons. The van der Waals surface area contributed by atoms with Crippen molar-refractivity contribution < 1.29 is 9.47 Å². The standard InChI is InChI=1S/C18H15P.C16H15Cl3O2.CH4/c1-4-10-16(11-5-1)19(17-12-6-2-7-13-17)18-14-8-3-9-15-18;1-20-13-7-3-11(4-8-13)15(16(17,18)19)12-5-9-14(21-2)10-6-12;/h1-15H;3-10,15H,1-2H3;1H4. The second-order valence-corrected chi connectivity index (χ2v) is 13.5. The first-order chi connectivity index (χ1) is 19.4. The van der Waals surface area contributed by atoms with E-state index < -0.39 is 11.7 Å². The average molecular weight is 624 g/mol. The average Bonchev–Trinajstić information content (AvgIpc) is 2.99. The summed E-state index contributed by atoms with van der Waals surface area (Å²) in [6.45, 7) is 0. The molecule has 0 amide bonds. The van der Waals surface area contributed by atoms with Gasteiger partial charge in [-0.3, -0.25) is 0 Å². The SMILES string of the molecule is C.COc1ccc(C(c2ccc(OC)cc2)C(Cl)(Cl)Cl)cc1.c1ccc(P(c2ccccc2)c2ccccc2)cc1. The van der Waals surface area contributed by atoms with Gasteiger partial charge in [0.25, 0.3) is 0 Å². The van der Waals surface area contributed by atoms with E-state index in [0.29, 0.717) is 0 Å². The first kappa shape index (κ1) is 32.5. The molecule has 0 aliphatic rings. The highest BCUT2D eigenvalue weighted by atomic mass is 35.6. The van der Waals surface area contributed by atoms with E-state index in [1.54, 1.807) is 14.2 Å². The summed E-state index contributed by atoms with van der Waals surface area (Å²) in [5.41, 5.74) is 1.81. The Morgan fingerprint density at radius 1 is 0.488 bits per heavy atom. The Hall–Kier alpha value is -3.00. The predicted molar refractivity (Wildman–Crippen MR) is 180 cm³/mol. The van der Waals surface area contributed by atoms with Gasteiger partial charge in [0.1, 0.15) is 11.5 Å². The monoisotopic (exact) mass is 622 g/mol. The van der Waals surface area contributed by atoms with E-state index in [9.17, 15) is 0 Å². The lowest BCUT2D eigenvalue weighted by atomic mass is 9.92. The number of hydrogen-bond donors (Lipinski definition) is 0. The summed E-state index contributed by atoms with van der Waals surface area (Å²) in [7, 11) is 2.79. The molecule has 0 bridgehead atoms. The number of rotatable bonds is 7. The van der Waals surface area contributed by atoms with E-state index in [1.807, 2.05) is 48.5 Å². The molecule has 5 aromatic carbocycles. The minimum absolute atomic E-state index is 0. The van der Waals surface area contributed by atoms with Crippen LogP contribution in [0.2, 0.25) is 0 Å². The van der Waals surface area contributed by atoms with Crippen molar-refractivity contribution in [1.82, 2.24) is 0 Å². The van der Waals surface area contributed by atoms with Crippen molar-refractivity contribution in [3.63, 3.8) is 0 Å². The lowest BCUT2D eigenvalue weighted by Gasteiger charge is -2.25. The first-order valence-electron chi connectivity index (χ1n) is 12.7. The number of hydrogen-bond acceptors (Lipinski definition) is 2. The summed E-state index contributed by atoms with van der Waals surface area (Å²) in [6, 6.07) is 47.3. The van der Waals surface area contributed by atoms with Crippen LogP contribution in [0.4, 0.5) is 0 Å². The van der Waals surface area contributed by atoms with E-state index in [2.05, 4.69) is 91.0 Å². The molecule has 0 fully saturated rings. The fraction of sp³-hybridized carbons (Fsp3) is 0.143. The van der Waals surface area contributed by atoms with Crippen LogP contribution in [0, 0.1) is 0 Å². The normalized spacial score (nSPS) is 10.8. The Bertz CT molecular complexity index is 1280. The first-order valence-corrected chi connectivity index (χ1v) is 15.2. The molecule has 0 spiro atoms. The molecule has 2 nitrogen and oxygen atoms in total. The summed E-state index contributed by atoms with van der Waals surface area (Å²) in [5.74, 6) is 1.15. The lowest BCUT2D eigenvalue weighted by molar-refractivity contribution is 0.414. The van der Waals surface area contributed by atoms with E-state index in [4.69, 9.17) is 44.3 Å². The van der Waals surface area contributed by atoms with Crippen molar-refractivity contribution in [2.24, 2.45) is 0 Å². The Kier molecular flexibility index (Phi) is 12.6. The minimum Gasteiger partial charge on any atom is -0.497 e. The van der Waals surface area contributed by atoms with Crippen molar-refractivity contribution in [2.45, 2.75) is 17.1 Å². The predicted octanol–water partition coefficient (Wildman–Crippen LogP) is 9.29. The maximum absolute atomic E-state index is 6.18. The summed E-state index contributed by atoms with van der Waals surface area (Å²) >= 11 is 18.6. The van der Waals surface area contributed by atoms with Gasteiger partial charge in [-0.1, -0.05) is 157 Å². The molecule has 0 saturated heterocycles. The smallest absolute Gasteiger partial charge is 0.201 e. The number of benzene rings is 5. The topological polar surface area (TPSA) is 18.5 Å². The maximum atomic E-state index is 6.18. The number of methoxy groups -OCH3 is 2. The van der Waals surface area contributed by atoms with Gasteiger partial charge in [0.05, 0.1) is 20.1 Å². The van der Waals surface area contributed by atoms with E-state index >= 15 is 0 Å². The molecule has 212 valence electrons. The van der Waals surface area contributed by atoms with Gasteiger partial charge >= 0.3 is 0 Å². The molecule has 5 rings (SSSR count). The Labute approximate surface area is 260 Å². The molecular weight excluding hydrogens is 590 g/mol. The van der Waals surface area contributed by atoms with Crippen LogP contribution >= 0.6 is 42.7 Å². The van der Waals surface area contributed by atoms with Crippen molar-refractivity contribution in [1.29, 1.82) is 0 Å². The number of alkyl halides is 3. The summed E-state index contributed by atoms with van der Waals surface area (Å²) in [4.78, 5) is 0. The van der Waals surface area contributed by atoms with Crippen molar-refractivity contribution in [3.05, 3.63) is 151 Å². The lowest BCUT2D eigenvalue weighted by Crippen LogP contribution is -2.20. The van der Waals surface area contributed by atoms with E-state index in [-0.39, 0.29) is 13.3 Å². The largest absolute Gasteiger partial charge is 0.497 e. The second-order valence-electron chi connectivity index (χ2n) is 8.86. The van der Waals surface area contributed by atoms with Gasteiger partial charge in [-0.05, 0) is 59.2 Å². The second kappa shape index (κ2) is 15.9. The van der Waals surface area contributed by atoms with Crippen LogP contribution in [0.1, 0.15) is 24.5 Å². The fourth-order valence-electron chi connectivity index (χ4n) is 4.34. The molecule has 0 aromatic heterocycles. The van der Waals surface area contributed by atoms with E-state index in [0.717, 1.165) is 22.6 Å². The highest BCUT2D eigenvalue weighted by Crippen LogP contribution is 2.46. The van der Waals surface area contributed by atoms with Gasteiger partial charge in [0.2, 0.25) is 3.79 Å². The van der Waals surface area contributed by atoms with Crippen molar-refractivity contribution in [2.75, 3.05) is 14.2 Å². The van der Waals surface area contributed by atoms with Gasteiger partial charge in [-0.2, -0.15) is 0 Å². The molecule has 41 heavy (non-hydrogen) atoms. The third-order valence-corrected chi connectivity index (χ3v) is 9.37. The zero-order chi connectivity index (χ0) is 28.4. The molecular formula is C35H34Cl3O2P. The van der Waals surface area contributed by atoms with Gasteiger partial charge in [0, 0.05) is 0 Å². The molecule has 0 aliphatic heterocycles. The molecule has 0 heterocycles.